The summed E-state index contributed by atoms with van der Waals surface area (Å²) in [7, 11) is 1.65. The molecular weight excluding hydrogens is 332 g/mol. The lowest BCUT2D eigenvalue weighted by Crippen LogP contribution is -2.28. The van der Waals surface area contributed by atoms with Gasteiger partial charge >= 0.3 is 0 Å². The molecule has 1 aliphatic heterocycles. The topological polar surface area (TPSA) is 76.7 Å². The number of carbonyl (C=O) groups excluding carboxylic acids is 2. The second kappa shape index (κ2) is 8.49. The van der Waals surface area contributed by atoms with Crippen LogP contribution in [0.2, 0.25) is 0 Å². The maximum atomic E-state index is 12.1. The fraction of sp³-hybridized carbons (Fsp3) is 0.300. The Kier molecular flexibility index (Phi) is 5.86. The number of methoxy groups -OCH3 is 1. The number of benzene rings is 2. The molecule has 2 amide bonds. The number of aryl methyl sites for hydroxylation is 1. The van der Waals surface area contributed by atoms with Gasteiger partial charge in [0.05, 0.1) is 6.61 Å². The van der Waals surface area contributed by atoms with E-state index in [-0.39, 0.29) is 18.4 Å². The summed E-state index contributed by atoms with van der Waals surface area (Å²) in [6, 6.07) is 13.3. The van der Waals surface area contributed by atoms with Crippen LogP contribution in [0.1, 0.15) is 23.1 Å². The Balaban J connectivity index is 1.51. The number of carbonyl (C=O) groups is 2. The number of rotatable bonds is 7. The zero-order valence-electron chi connectivity index (χ0n) is 14.7. The molecule has 136 valence electrons. The van der Waals surface area contributed by atoms with Crippen LogP contribution in [0.5, 0.6) is 5.75 Å². The molecule has 1 heterocycles. The van der Waals surface area contributed by atoms with Crippen LogP contribution in [0.15, 0.2) is 42.5 Å². The summed E-state index contributed by atoms with van der Waals surface area (Å²) in [6.07, 6.45) is 1.15. The van der Waals surface area contributed by atoms with Crippen molar-refractivity contribution in [2.24, 2.45) is 0 Å². The quantitative estimate of drug-likeness (QED) is 0.801. The molecule has 0 bridgehead atoms. The van der Waals surface area contributed by atoms with E-state index in [4.69, 9.17) is 9.47 Å². The van der Waals surface area contributed by atoms with Crippen LogP contribution in [0.4, 0.5) is 5.69 Å². The minimum absolute atomic E-state index is 0.0271. The lowest BCUT2D eigenvalue weighted by molar-refractivity contribution is -0.123. The molecule has 0 aromatic heterocycles. The third kappa shape index (κ3) is 4.61. The van der Waals surface area contributed by atoms with Gasteiger partial charge in [-0.2, -0.15) is 0 Å². The molecule has 0 atom stereocenters. The van der Waals surface area contributed by atoms with E-state index in [1.165, 1.54) is 0 Å². The van der Waals surface area contributed by atoms with Crippen LogP contribution in [-0.4, -0.2) is 25.5 Å². The molecule has 3 rings (SSSR count). The molecule has 2 aromatic carbocycles. The molecule has 0 radical (unpaired) electrons. The maximum absolute atomic E-state index is 12.1. The molecule has 6 heteroatoms. The van der Waals surface area contributed by atoms with E-state index in [9.17, 15) is 9.59 Å². The average molecular weight is 354 g/mol. The number of hydrogen-bond acceptors (Lipinski definition) is 4. The van der Waals surface area contributed by atoms with Gasteiger partial charge in [-0.3, -0.25) is 9.59 Å². The molecule has 6 nitrogen and oxygen atoms in total. The zero-order chi connectivity index (χ0) is 18.4. The third-order valence-electron chi connectivity index (χ3n) is 4.24. The van der Waals surface area contributed by atoms with E-state index in [0.29, 0.717) is 31.7 Å². The van der Waals surface area contributed by atoms with Gasteiger partial charge in [-0.1, -0.05) is 24.3 Å². The van der Waals surface area contributed by atoms with Gasteiger partial charge in [0.25, 0.3) is 5.91 Å². The van der Waals surface area contributed by atoms with Gasteiger partial charge in [-0.15, -0.1) is 0 Å². The first-order valence-corrected chi connectivity index (χ1v) is 8.53. The Bertz CT molecular complexity index is 804. The highest BCUT2D eigenvalue weighted by Gasteiger charge is 2.15. The van der Waals surface area contributed by atoms with Crippen molar-refractivity contribution in [3.63, 3.8) is 0 Å². The highest BCUT2D eigenvalue weighted by Crippen LogP contribution is 2.26. The Morgan fingerprint density at radius 3 is 2.77 bits per heavy atom. The predicted octanol–water partition coefficient (Wildman–Crippen LogP) is 2.41. The normalized spacial score (nSPS) is 12.9. The van der Waals surface area contributed by atoms with Crippen molar-refractivity contribution in [1.82, 2.24) is 5.32 Å². The third-order valence-corrected chi connectivity index (χ3v) is 4.24. The second-order valence-electron chi connectivity index (χ2n) is 6.13. The molecule has 2 aromatic rings. The Morgan fingerprint density at radius 1 is 1.15 bits per heavy atom. The summed E-state index contributed by atoms with van der Waals surface area (Å²) in [5.74, 6) is 0.456. The molecule has 26 heavy (non-hydrogen) atoms. The van der Waals surface area contributed by atoms with Crippen molar-refractivity contribution in [3.8, 4) is 5.75 Å². The van der Waals surface area contributed by atoms with Gasteiger partial charge < -0.3 is 20.1 Å². The van der Waals surface area contributed by atoms with Gasteiger partial charge in [0.1, 0.15) is 5.75 Å². The maximum Gasteiger partial charge on any atom is 0.258 e. The summed E-state index contributed by atoms with van der Waals surface area (Å²) in [6.45, 7) is 0.879. The number of amides is 2. The molecule has 0 spiro atoms. The minimum Gasteiger partial charge on any atom is -0.484 e. The number of ether oxygens (including phenoxy) is 2. The summed E-state index contributed by atoms with van der Waals surface area (Å²) in [5, 5.41) is 5.68. The summed E-state index contributed by atoms with van der Waals surface area (Å²) in [5.41, 5.74) is 3.91. The van der Waals surface area contributed by atoms with E-state index in [1.54, 1.807) is 19.2 Å². The summed E-state index contributed by atoms with van der Waals surface area (Å²) >= 11 is 0. The smallest absolute Gasteiger partial charge is 0.258 e. The first-order chi connectivity index (χ1) is 12.7. The van der Waals surface area contributed by atoms with E-state index >= 15 is 0 Å². The van der Waals surface area contributed by atoms with Crippen LogP contribution in [0, 0.1) is 0 Å². The van der Waals surface area contributed by atoms with Gasteiger partial charge in [0.2, 0.25) is 5.91 Å². The number of anilines is 1. The Labute approximate surface area is 152 Å². The fourth-order valence-electron chi connectivity index (χ4n) is 2.87. The fourth-order valence-corrected chi connectivity index (χ4v) is 2.87. The molecule has 1 aliphatic rings. The van der Waals surface area contributed by atoms with Gasteiger partial charge in [-0.25, -0.2) is 0 Å². The number of hydrogen-bond donors (Lipinski definition) is 2. The van der Waals surface area contributed by atoms with Gasteiger partial charge in [0.15, 0.2) is 6.61 Å². The van der Waals surface area contributed by atoms with E-state index in [2.05, 4.69) is 10.6 Å². The molecular formula is C20H22N2O4. The second-order valence-corrected chi connectivity index (χ2v) is 6.13. The monoisotopic (exact) mass is 354 g/mol. The van der Waals surface area contributed by atoms with Crippen molar-refractivity contribution >= 4 is 17.5 Å². The molecule has 0 aliphatic carbocycles. The predicted molar refractivity (Wildman–Crippen MR) is 97.9 cm³/mol. The van der Waals surface area contributed by atoms with Crippen molar-refractivity contribution < 1.29 is 19.1 Å². The lowest BCUT2D eigenvalue weighted by Gasteiger charge is -2.17. The number of fused-ring (bicyclic) bond motifs is 1. The van der Waals surface area contributed by atoms with Gasteiger partial charge in [-0.05, 0) is 41.3 Å². The average Bonchev–Trinajstić information content (AvgIpc) is 2.66. The lowest BCUT2D eigenvalue weighted by atomic mass is 10.0. The van der Waals surface area contributed by atoms with Crippen molar-refractivity contribution in [3.05, 3.63) is 59.2 Å². The van der Waals surface area contributed by atoms with Crippen LogP contribution in [-0.2, 0) is 33.9 Å². The van der Waals surface area contributed by atoms with Gasteiger partial charge in [0, 0.05) is 25.8 Å². The van der Waals surface area contributed by atoms with Crippen molar-refractivity contribution in [2.75, 3.05) is 19.0 Å². The Morgan fingerprint density at radius 2 is 1.96 bits per heavy atom. The first kappa shape index (κ1) is 17.9. The molecule has 0 unspecified atom stereocenters. The largest absolute Gasteiger partial charge is 0.484 e. The van der Waals surface area contributed by atoms with Crippen LogP contribution >= 0.6 is 0 Å². The highest BCUT2D eigenvalue weighted by molar-refractivity contribution is 5.94. The van der Waals surface area contributed by atoms with Crippen molar-refractivity contribution in [2.45, 2.75) is 26.0 Å². The first-order valence-electron chi connectivity index (χ1n) is 8.53. The van der Waals surface area contributed by atoms with Crippen LogP contribution in [0.3, 0.4) is 0 Å². The summed E-state index contributed by atoms with van der Waals surface area (Å²) in [4.78, 5) is 23.4. The van der Waals surface area contributed by atoms with Crippen molar-refractivity contribution in [1.29, 1.82) is 0 Å². The minimum atomic E-state index is -0.191. The SMILES string of the molecule is COCc1ccccc1CNC(=O)COc1ccc2c(c1)CCC(=O)N2. The molecule has 0 fully saturated rings. The zero-order valence-corrected chi connectivity index (χ0v) is 14.7. The summed E-state index contributed by atoms with van der Waals surface area (Å²) < 4.78 is 10.7. The Hall–Kier alpha value is -2.86. The van der Waals surface area contributed by atoms with E-state index in [0.717, 1.165) is 22.4 Å². The standard InChI is InChI=1S/C20H22N2O4/c1-25-12-16-5-3-2-4-15(16)11-21-20(24)13-26-17-7-8-18-14(10-17)6-9-19(23)22-18/h2-5,7-8,10H,6,9,11-13H2,1H3,(H,21,24)(H,22,23). The van der Waals surface area contributed by atoms with E-state index < -0.39 is 0 Å². The molecule has 0 saturated heterocycles. The van der Waals surface area contributed by atoms with Crippen LogP contribution < -0.4 is 15.4 Å². The van der Waals surface area contributed by atoms with Crippen LogP contribution in [0.25, 0.3) is 0 Å². The van der Waals surface area contributed by atoms with E-state index in [1.807, 2.05) is 30.3 Å². The molecule has 2 N–H and O–H groups in total. The molecule has 0 saturated carbocycles. The highest BCUT2D eigenvalue weighted by atomic mass is 16.5. The number of nitrogens with one attached hydrogen (secondary N) is 2.